The number of thiophene rings is 1. The Balaban J connectivity index is 1.76. The predicted molar refractivity (Wildman–Crippen MR) is 114 cm³/mol. The highest BCUT2D eigenvalue weighted by molar-refractivity contribution is 8.01. The van der Waals surface area contributed by atoms with E-state index < -0.39 is 22.9 Å². The minimum atomic E-state index is -4.84. The Morgan fingerprint density at radius 2 is 1.94 bits per heavy atom. The summed E-state index contributed by atoms with van der Waals surface area (Å²) in [6, 6.07) is 6.19. The molecular formula is C18H10Cl2F3N3O4S2. The molecule has 0 unspecified atom stereocenters. The third kappa shape index (κ3) is 6.25. The molecule has 0 saturated carbocycles. The topological polar surface area (TPSA) is 94.4 Å². The van der Waals surface area contributed by atoms with Gasteiger partial charge in [-0.25, -0.2) is 0 Å². The standard InChI is InChI=1S/C18H10Cl2F3N3O4S2/c19-11-7-24-8-12(20)15(11)32-17-13(26(28)29)5-14(31-17)16(27)25-6-9-2-1-3-10(4-9)30-18(21,22)23/h1-5,7-8H,6H2,(H,25,27). The van der Waals surface area contributed by atoms with Crippen molar-refractivity contribution >= 4 is 57.9 Å². The number of nitrogens with zero attached hydrogens (tertiary/aromatic N) is 2. The molecule has 0 radical (unpaired) electrons. The Hall–Kier alpha value is -2.54. The van der Waals surface area contributed by atoms with Crippen LogP contribution in [0.4, 0.5) is 18.9 Å². The van der Waals surface area contributed by atoms with Gasteiger partial charge in [-0.3, -0.25) is 19.9 Å². The Labute approximate surface area is 196 Å². The lowest BCUT2D eigenvalue weighted by Crippen LogP contribution is -2.22. The van der Waals surface area contributed by atoms with Crippen molar-refractivity contribution in [2.45, 2.75) is 22.0 Å². The Kier molecular flexibility index (Phi) is 7.49. The van der Waals surface area contributed by atoms with Crippen molar-refractivity contribution in [3.8, 4) is 5.75 Å². The zero-order valence-corrected chi connectivity index (χ0v) is 18.6. The maximum Gasteiger partial charge on any atom is 0.573 e. The molecule has 0 bridgehead atoms. The van der Waals surface area contributed by atoms with Crippen LogP contribution in [0.15, 0.2) is 51.8 Å². The van der Waals surface area contributed by atoms with Crippen LogP contribution in [0.2, 0.25) is 10.0 Å². The number of hydrogen-bond donors (Lipinski definition) is 1. The molecule has 1 N–H and O–H groups in total. The zero-order valence-electron chi connectivity index (χ0n) is 15.5. The molecule has 7 nitrogen and oxygen atoms in total. The first-order valence-electron chi connectivity index (χ1n) is 8.41. The van der Waals surface area contributed by atoms with Crippen LogP contribution in [0.3, 0.4) is 0 Å². The van der Waals surface area contributed by atoms with Crippen LogP contribution in [0.1, 0.15) is 15.2 Å². The fourth-order valence-corrected chi connectivity index (χ4v) is 5.17. The number of pyridine rings is 1. The Morgan fingerprint density at radius 1 is 1.25 bits per heavy atom. The molecule has 32 heavy (non-hydrogen) atoms. The molecule has 0 saturated heterocycles. The predicted octanol–water partition coefficient (Wildman–Crippen LogP) is 6.34. The largest absolute Gasteiger partial charge is 0.573 e. The fraction of sp³-hybridized carbons (Fsp3) is 0.111. The number of nitrogens with one attached hydrogen (secondary N) is 1. The van der Waals surface area contributed by atoms with Crippen LogP contribution < -0.4 is 10.1 Å². The third-order valence-electron chi connectivity index (χ3n) is 3.69. The van der Waals surface area contributed by atoms with E-state index >= 15 is 0 Å². The van der Waals surface area contributed by atoms with E-state index in [4.69, 9.17) is 23.2 Å². The van der Waals surface area contributed by atoms with Gasteiger partial charge in [0.05, 0.1) is 19.9 Å². The number of hydrogen-bond acceptors (Lipinski definition) is 7. The van der Waals surface area contributed by atoms with E-state index in [2.05, 4.69) is 15.0 Å². The number of benzene rings is 1. The number of amides is 1. The van der Waals surface area contributed by atoms with E-state index in [1.54, 1.807) is 0 Å². The number of aromatic nitrogens is 1. The molecule has 14 heteroatoms. The summed E-state index contributed by atoms with van der Waals surface area (Å²) >= 11 is 13.9. The van der Waals surface area contributed by atoms with Gasteiger partial charge in [0.15, 0.2) is 0 Å². The quantitative estimate of drug-likeness (QED) is 0.287. The SMILES string of the molecule is O=C(NCc1cccc(OC(F)(F)F)c1)c1cc([N+](=O)[O-])c(Sc2c(Cl)cncc2Cl)s1. The van der Waals surface area contributed by atoms with Gasteiger partial charge in [0.1, 0.15) is 14.8 Å². The van der Waals surface area contributed by atoms with Crippen molar-refractivity contribution in [1.29, 1.82) is 0 Å². The second-order valence-electron chi connectivity index (χ2n) is 5.95. The monoisotopic (exact) mass is 523 g/mol. The summed E-state index contributed by atoms with van der Waals surface area (Å²) in [5, 5.41) is 14.3. The van der Waals surface area contributed by atoms with Crippen molar-refractivity contribution in [3.63, 3.8) is 0 Å². The van der Waals surface area contributed by atoms with Crippen molar-refractivity contribution in [2.75, 3.05) is 0 Å². The highest BCUT2D eigenvalue weighted by Crippen LogP contribution is 2.45. The van der Waals surface area contributed by atoms with E-state index in [-0.39, 0.29) is 31.4 Å². The maximum absolute atomic E-state index is 12.5. The third-order valence-corrected chi connectivity index (χ3v) is 6.94. The first-order valence-corrected chi connectivity index (χ1v) is 10.8. The van der Waals surface area contributed by atoms with E-state index in [0.29, 0.717) is 10.5 Å². The normalized spacial score (nSPS) is 11.3. The van der Waals surface area contributed by atoms with Crippen molar-refractivity contribution in [1.82, 2.24) is 10.3 Å². The molecule has 0 aliphatic heterocycles. The van der Waals surface area contributed by atoms with Gasteiger partial charge in [-0.05, 0) is 17.7 Å². The Bertz CT molecular complexity index is 1150. The molecule has 0 fully saturated rings. The van der Waals surface area contributed by atoms with Gasteiger partial charge >= 0.3 is 6.36 Å². The molecule has 3 aromatic rings. The molecular weight excluding hydrogens is 514 g/mol. The first kappa shape index (κ1) is 24.1. The highest BCUT2D eigenvalue weighted by atomic mass is 35.5. The molecule has 2 heterocycles. The van der Waals surface area contributed by atoms with Crippen LogP contribution in [-0.2, 0) is 6.54 Å². The molecule has 168 valence electrons. The molecule has 2 aromatic heterocycles. The summed E-state index contributed by atoms with van der Waals surface area (Å²) in [4.78, 5) is 27.5. The molecule has 0 aliphatic rings. The van der Waals surface area contributed by atoms with E-state index in [9.17, 15) is 28.1 Å². The first-order chi connectivity index (χ1) is 15.0. The van der Waals surface area contributed by atoms with Crippen LogP contribution >= 0.6 is 46.3 Å². The molecule has 1 aromatic carbocycles. The number of rotatable bonds is 7. The molecule has 0 aliphatic carbocycles. The van der Waals surface area contributed by atoms with Crippen LogP contribution in [0.5, 0.6) is 5.75 Å². The summed E-state index contributed by atoms with van der Waals surface area (Å²) in [6.07, 6.45) is -2.18. The van der Waals surface area contributed by atoms with Crippen molar-refractivity contribution in [3.05, 3.63) is 73.3 Å². The van der Waals surface area contributed by atoms with Gasteiger partial charge < -0.3 is 10.1 Å². The maximum atomic E-state index is 12.5. The lowest BCUT2D eigenvalue weighted by Gasteiger charge is -2.10. The summed E-state index contributed by atoms with van der Waals surface area (Å²) in [5.41, 5.74) is 0.0331. The highest BCUT2D eigenvalue weighted by Gasteiger charge is 2.31. The van der Waals surface area contributed by atoms with Gasteiger partial charge in [-0.2, -0.15) is 0 Å². The van der Waals surface area contributed by atoms with Gasteiger partial charge in [0, 0.05) is 25.0 Å². The lowest BCUT2D eigenvalue weighted by molar-refractivity contribution is -0.387. The van der Waals surface area contributed by atoms with Gasteiger partial charge in [0.2, 0.25) is 0 Å². The Morgan fingerprint density at radius 3 is 2.56 bits per heavy atom. The van der Waals surface area contributed by atoms with Crippen LogP contribution in [0, 0.1) is 10.1 Å². The second-order valence-corrected chi connectivity index (χ2v) is 9.10. The minimum absolute atomic E-state index is 0.0307. The van der Waals surface area contributed by atoms with Crippen molar-refractivity contribution < 1.29 is 27.6 Å². The smallest absolute Gasteiger partial charge is 0.406 e. The van der Waals surface area contributed by atoms with Gasteiger partial charge in [-0.1, -0.05) is 47.1 Å². The number of carbonyl (C=O) groups is 1. The van der Waals surface area contributed by atoms with Gasteiger partial charge in [-0.15, -0.1) is 24.5 Å². The van der Waals surface area contributed by atoms with Crippen LogP contribution in [-0.4, -0.2) is 22.2 Å². The molecule has 1 amide bonds. The van der Waals surface area contributed by atoms with E-state index in [0.717, 1.165) is 41.3 Å². The molecule has 0 atom stereocenters. The lowest BCUT2D eigenvalue weighted by atomic mass is 10.2. The van der Waals surface area contributed by atoms with Crippen LogP contribution in [0.25, 0.3) is 0 Å². The number of ether oxygens (including phenoxy) is 1. The summed E-state index contributed by atoms with van der Waals surface area (Å²) in [7, 11) is 0. The molecule has 3 rings (SSSR count). The number of carbonyl (C=O) groups excluding carboxylic acids is 1. The zero-order chi connectivity index (χ0) is 23.5. The van der Waals surface area contributed by atoms with Crippen molar-refractivity contribution in [2.24, 2.45) is 0 Å². The fourth-order valence-electron chi connectivity index (χ4n) is 2.39. The summed E-state index contributed by atoms with van der Waals surface area (Å²) < 4.78 is 41.1. The average molecular weight is 524 g/mol. The van der Waals surface area contributed by atoms with E-state index in [1.807, 2.05) is 0 Å². The van der Waals surface area contributed by atoms with Gasteiger partial charge in [0.25, 0.3) is 11.6 Å². The minimum Gasteiger partial charge on any atom is -0.406 e. The summed E-state index contributed by atoms with van der Waals surface area (Å²) in [6.45, 7) is -0.121. The number of nitro groups is 1. The number of halogens is 5. The summed E-state index contributed by atoms with van der Waals surface area (Å²) in [5.74, 6) is -1.07. The number of alkyl halides is 3. The second kappa shape index (κ2) is 9.94. The average Bonchev–Trinajstić information content (AvgIpc) is 3.12. The van der Waals surface area contributed by atoms with E-state index in [1.165, 1.54) is 24.5 Å². The molecule has 0 spiro atoms.